The molecule has 1 fully saturated rings. The first-order valence-electron chi connectivity index (χ1n) is 5.90. The number of rotatable bonds is 4. The van der Waals surface area contributed by atoms with E-state index in [0.717, 1.165) is 4.47 Å². The van der Waals surface area contributed by atoms with Gasteiger partial charge in [-0.1, -0.05) is 15.9 Å². The van der Waals surface area contributed by atoms with Gasteiger partial charge in [-0.2, -0.15) is 0 Å². The van der Waals surface area contributed by atoms with E-state index in [1.54, 1.807) is 25.2 Å². The third kappa shape index (κ3) is 3.39. The topological polar surface area (TPSA) is 57.6 Å². The monoisotopic (exact) mass is 411 g/mol. The summed E-state index contributed by atoms with van der Waals surface area (Å²) in [6, 6.07) is 5.08. The summed E-state index contributed by atoms with van der Waals surface area (Å²) in [6.45, 7) is 0.443. The van der Waals surface area contributed by atoms with Gasteiger partial charge in [-0.25, -0.2) is 12.7 Å². The summed E-state index contributed by atoms with van der Waals surface area (Å²) in [5, 5.41) is 9.25. The molecule has 1 aliphatic carbocycles. The van der Waals surface area contributed by atoms with Crippen LogP contribution >= 0.6 is 31.9 Å². The van der Waals surface area contributed by atoms with Crippen molar-refractivity contribution in [2.45, 2.75) is 23.8 Å². The molecule has 0 unspecified atom stereocenters. The summed E-state index contributed by atoms with van der Waals surface area (Å²) >= 11 is 6.56. The molecular formula is C12H15Br2NO3S. The molecule has 106 valence electrons. The molecule has 0 atom stereocenters. The first-order chi connectivity index (χ1) is 8.80. The Morgan fingerprint density at radius 3 is 2.58 bits per heavy atom. The summed E-state index contributed by atoms with van der Waals surface area (Å²) in [5.74, 6) is 0.251. The van der Waals surface area contributed by atoms with Crippen molar-refractivity contribution in [3.05, 3.63) is 27.1 Å². The molecule has 0 saturated heterocycles. The molecule has 0 aromatic heterocycles. The molecule has 2 rings (SSSR count). The molecule has 4 nitrogen and oxygen atoms in total. The highest BCUT2D eigenvalue weighted by molar-refractivity contribution is 9.11. The number of sulfonamides is 1. The van der Waals surface area contributed by atoms with Gasteiger partial charge in [0, 0.05) is 22.5 Å². The quantitative estimate of drug-likeness (QED) is 0.826. The Balaban J connectivity index is 2.19. The van der Waals surface area contributed by atoms with Gasteiger partial charge in [0.1, 0.15) is 0 Å². The van der Waals surface area contributed by atoms with E-state index in [1.165, 1.54) is 4.31 Å². The van der Waals surface area contributed by atoms with Crippen LogP contribution in [0.5, 0.6) is 0 Å². The van der Waals surface area contributed by atoms with E-state index in [-0.39, 0.29) is 16.9 Å². The number of aliphatic hydroxyl groups is 1. The highest BCUT2D eigenvalue weighted by atomic mass is 79.9. The average Bonchev–Trinajstić information content (AvgIpc) is 2.30. The van der Waals surface area contributed by atoms with Crippen molar-refractivity contribution in [2.24, 2.45) is 5.92 Å². The predicted molar refractivity (Wildman–Crippen MR) is 80.4 cm³/mol. The van der Waals surface area contributed by atoms with E-state index in [9.17, 15) is 13.5 Å². The molecule has 7 heteroatoms. The van der Waals surface area contributed by atoms with Gasteiger partial charge in [-0.3, -0.25) is 0 Å². The summed E-state index contributed by atoms with van der Waals surface area (Å²) in [6.07, 6.45) is 1.10. The van der Waals surface area contributed by atoms with Gasteiger partial charge in [0.25, 0.3) is 0 Å². The molecule has 1 N–H and O–H groups in total. The van der Waals surface area contributed by atoms with Crippen LogP contribution in [0.3, 0.4) is 0 Å². The SMILES string of the molecule is CN(CC1CC(O)C1)S(=O)(=O)c1cc(Br)ccc1Br. The second-order valence-corrected chi connectivity index (χ2v) is 8.63. The highest BCUT2D eigenvalue weighted by Gasteiger charge is 2.32. The van der Waals surface area contributed by atoms with E-state index in [4.69, 9.17) is 0 Å². The van der Waals surface area contributed by atoms with Gasteiger partial charge in [-0.05, 0) is 52.9 Å². The number of nitrogens with zero attached hydrogens (tertiary/aromatic N) is 1. The van der Waals surface area contributed by atoms with Gasteiger partial charge in [0.05, 0.1) is 11.0 Å². The average molecular weight is 413 g/mol. The zero-order chi connectivity index (χ0) is 14.2. The molecule has 19 heavy (non-hydrogen) atoms. The molecule has 0 amide bonds. The van der Waals surface area contributed by atoms with Crippen molar-refractivity contribution < 1.29 is 13.5 Å². The predicted octanol–water partition coefficient (Wildman–Crippen LogP) is 2.60. The Morgan fingerprint density at radius 1 is 1.37 bits per heavy atom. The Hall–Kier alpha value is 0.0500. The van der Waals surface area contributed by atoms with Crippen LogP contribution in [0.15, 0.2) is 32.0 Å². The van der Waals surface area contributed by atoms with Gasteiger partial charge in [0.2, 0.25) is 10.0 Å². The van der Waals surface area contributed by atoms with Crippen LogP contribution in [0.2, 0.25) is 0 Å². The zero-order valence-corrected chi connectivity index (χ0v) is 14.4. The Labute approximate surface area is 130 Å². The van der Waals surface area contributed by atoms with Gasteiger partial charge in [0.15, 0.2) is 0 Å². The summed E-state index contributed by atoms with van der Waals surface area (Å²) in [4.78, 5) is 0.254. The number of halogens is 2. The van der Waals surface area contributed by atoms with Crippen LogP contribution < -0.4 is 0 Å². The second-order valence-electron chi connectivity index (χ2n) is 4.85. The van der Waals surface area contributed by atoms with Gasteiger partial charge < -0.3 is 5.11 Å². The molecule has 1 aromatic carbocycles. The van der Waals surface area contributed by atoms with Crippen molar-refractivity contribution in [1.82, 2.24) is 4.31 Å². The minimum absolute atomic E-state index is 0.251. The van der Waals surface area contributed by atoms with Crippen molar-refractivity contribution in [1.29, 1.82) is 0 Å². The first-order valence-corrected chi connectivity index (χ1v) is 8.92. The smallest absolute Gasteiger partial charge is 0.243 e. The fourth-order valence-electron chi connectivity index (χ4n) is 2.15. The second kappa shape index (κ2) is 5.81. The highest BCUT2D eigenvalue weighted by Crippen LogP contribution is 2.31. The molecule has 0 radical (unpaired) electrons. The van der Waals surface area contributed by atoms with E-state index in [2.05, 4.69) is 31.9 Å². The van der Waals surface area contributed by atoms with Crippen molar-refractivity contribution in [3.63, 3.8) is 0 Å². The normalized spacial score (nSPS) is 23.4. The van der Waals surface area contributed by atoms with Crippen molar-refractivity contribution >= 4 is 41.9 Å². The molecule has 0 heterocycles. The lowest BCUT2D eigenvalue weighted by Gasteiger charge is -2.34. The third-order valence-corrected chi connectivity index (χ3v) is 6.62. The summed E-state index contributed by atoms with van der Waals surface area (Å²) in [7, 11) is -1.93. The molecule has 0 spiro atoms. The van der Waals surface area contributed by atoms with E-state index >= 15 is 0 Å². The maximum absolute atomic E-state index is 12.5. The summed E-state index contributed by atoms with van der Waals surface area (Å²) in [5.41, 5.74) is 0. The number of hydrogen-bond donors (Lipinski definition) is 1. The van der Waals surface area contributed by atoms with Crippen molar-refractivity contribution in [2.75, 3.05) is 13.6 Å². The minimum atomic E-state index is -3.51. The van der Waals surface area contributed by atoms with Crippen LogP contribution in [-0.4, -0.2) is 37.5 Å². The maximum atomic E-state index is 12.5. The van der Waals surface area contributed by atoms with Crippen molar-refractivity contribution in [3.8, 4) is 0 Å². The van der Waals surface area contributed by atoms with E-state index < -0.39 is 10.0 Å². The number of hydrogen-bond acceptors (Lipinski definition) is 3. The molecule has 0 aliphatic heterocycles. The molecule has 1 aliphatic rings. The van der Waals surface area contributed by atoms with Crippen LogP contribution in [0.1, 0.15) is 12.8 Å². The summed E-state index contributed by atoms with van der Waals surface area (Å²) < 4.78 is 27.6. The molecular weight excluding hydrogens is 398 g/mol. The first kappa shape index (κ1) is 15.4. The Morgan fingerprint density at radius 2 is 2.00 bits per heavy atom. The van der Waals surface area contributed by atoms with E-state index in [1.807, 2.05) is 0 Å². The van der Waals surface area contributed by atoms with E-state index in [0.29, 0.717) is 23.9 Å². The standard InChI is InChI=1S/C12H15Br2NO3S/c1-15(7-8-4-10(16)5-8)19(17,18)12-6-9(13)2-3-11(12)14/h2-3,6,8,10,16H,4-5,7H2,1H3. The Kier molecular flexibility index (Phi) is 4.72. The Bertz CT molecular complexity index is 570. The fourth-order valence-corrected chi connectivity index (χ4v) is 4.86. The lowest BCUT2D eigenvalue weighted by Crippen LogP contribution is -2.39. The maximum Gasteiger partial charge on any atom is 0.243 e. The lowest BCUT2D eigenvalue weighted by atomic mass is 9.82. The lowest BCUT2D eigenvalue weighted by molar-refractivity contribution is 0.0367. The number of benzene rings is 1. The largest absolute Gasteiger partial charge is 0.393 e. The zero-order valence-electron chi connectivity index (χ0n) is 10.4. The van der Waals surface area contributed by atoms with Gasteiger partial charge in [-0.15, -0.1) is 0 Å². The number of aliphatic hydroxyl groups excluding tert-OH is 1. The minimum Gasteiger partial charge on any atom is -0.393 e. The van der Waals surface area contributed by atoms with Crippen LogP contribution in [0, 0.1) is 5.92 Å². The third-order valence-electron chi connectivity index (χ3n) is 3.31. The molecule has 0 bridgehead atoms. The van der Waals surface area contributed by atoms with Crippen LogP contribution in [-0.2, 0) is 10.0 Å². The van der Waals surface area contributed by atoms with Crippen LogP contribution in [0.25, 0.3) is 0 Å². The van der Waals surface area contributed by atoms with Gasteiger partial charge >= 0.3 is 0 Å². The molecule has 1 saturated carbocycles. The molecule has 1 aromatic rings. The van der Waals surface area contributed by atoms with Crippen LogP contribution in [0.4, 0.5) is 0 Å². The fraction of sp³-hybridized carbons (Fsp3) is 0.500.